The van der Waals surface area contributed by atoms with Crippen LogP contribution in [0.5, 0.6) is 0 Å². The summed E-state index contributed by atoms with van der Waals surface area (Å²) in [7, 11) is -4.88. The fourth-order valence-electron chi connectivity index (χ4n) is 2.70. The Kier molecular flexibility index (Phi) is 4.52. The fourth-order valence-corrected chi connectivity index (χ4v) is 3.01. The van der Waals surface area contributed by atoms with Crippen LogP contribution in [0.25, 0.3) is 11.1 Å². The van der Waals surface area contributed by atoms with Crippen LogP contribution in [0.4, 0.5) is 0 Å². The number of hydrogen-bond acceptors (Lipinski definition) is 3. The van der Waals surface area contributed by atoms with Gasteiger partial charge >= 0.3 is 13.8 Å². The van der Waals surface area contributed by atoms with Crippen molar-refractivity contribution in [3.63, 3.8) is 0 Å². The number of phosphoric ester groups is 1. The maximum atomic E-state index is 12.1. The van der Waals surface area contributed by atoms with E-state index >= 15 is 0 Å². The number of benzene rings is 2. The van der Waals surface area contributed by atoms with E-state index in [9.17, 15) is 9.36 Å². The van der Waals surface area contributed by atoms with E-state index in [0.717, 1.165) is 16.7 Å². The highest BCUT2D eigenvalue weighted by Crippen LogP contribution is 2.39. The maximum absolute atomic E-state index is 12.1. The molecule has 0 radical (unpaired) electrons. The fraction of sp³-hybridized carbons (Fsp3) is 0.188. The first-order valence-electron chi connectivity index (χ1n) is 6.66. The van der Waals surface area contributed by atoms with Gasteiger partial charge in [0.15, 0.2) is 0 Å². The van der Waals surface area contributed by atoms with Crippen LogP contribution in [-0.2, 0) is 9.09 Å². The Morgan fingerprint density at radius 3 is 2.18 bits per heavy atom. The summed E-state index contributed by atoms with van der Waals surface area (Å²) in [5.41, 5.74) is 4.23. The molecule has 5 nitrogen and oxygen atoms in total. The predicted octanol–water partition coefficient (Wildman–Crippen LogP) is 3.53. The molecule has 2 rings (SSSR count). The van der Waals surface area contributed by atoms with E-state index in [2.05, 4.69) is 4.52 Å². The topological polar surface area (TPSA) is 83.8 Å². The number of aryl methyl sites for hydroxylation is 2. The Morgan fingerprint density at radius 1 is 1.05 bits per heavy atom. The Hall–Kier alpha value is -1.94. The van der Waals surface area contributed by atoms with Gasteiger partial charge in [0.1, 0.15) is 0 Å². The summed E-state index contributed by atoms with van der Waals surface area (Å²) in [6.45, 7) is 5.39. The number of phosphoric acid groups is 1. The molecule has 0 saturated carbocycles. The number of hydrogen-bond donors (Lipinski definition) is 2. The van der Waals surface area contributed by atoms with E-state index in [0.29, 0.717) is 11.1 Å². The second-order valence-corrected chi connectivity index (χ2v) is 6.28. The summed E-state index contributed by atoms with van der Waals surface area (Å²) >= 11 is 0. The minimum absolute atomic E-state index is 0.188. The molecule has 0 heterocycles. The van der Waals surface area contributed by atoms with E-state index in [-0.39, 0.29) is 5.56 Å². The zero-order valence-electron chi connectivity index (χ0n) is 12.5. The number of rotatable bonds is 3. The molecular weight excluding hydrogens is 303 g/mol. The quantitative estimate of drug-likeness (QED) is 0.845. The summed E-state index contributed by atoms with van der Waals surface area (Å²) in [6, 6.07) is 11.3. The highest BCUT2D eigenvalue weighted by molar-refractivity contribution is 7.46. The minimum Gasteiger partial charge on any atom is -0.367 e. The van der Waals surface area contributed by atoms with Crippen molar-refractivity contribution in [1.82, 2.24) is 0 Å². The van der Waals surface area contributed by atoms with Crippen molar-refractivity contribution in [2.24, 2.45) is 0 Å². The van der Waals surface area contributed by atoms with Gasteiger partial charge in [0.05, 0.1) is 5.56 Å². The van der Waals surface area contributed by atoms with Crippen molar-refractivity contribution in [3.05, 3.63) is 58.7 Å². The third-order valence-corrected chi connectivity index (χ3v) is 3.84. The monoisotopic (exact) mass is 320 g/mol. The molecule has 0 spiro atoms. The predicted molar refractivity (Wildman–Crippen MR) is 83.5 cm³/mol. The van der Waals surface area contributed by atoms with Gasteiger partial charge in [-0.1, -0.05) is 36.4 Å². The van der Waals surface area contributed by atoms with Crippen molar-refractivity contribution in [3.8, 4) is 11.1 Å². The highest BCUT2D eigenvalue weighted by Gasteiger charge is 2.26. The molecule has 22 heavy (non-hydrogen) atoms. The summed E-state index contributed by atoms with van der Waals surface area (Å²) < 4.78 is 15.2. The van der Waals surface area contributed by atoms with Gasteiger partial charge in [-0.15, -0.1) is 0 Å². The first-order valence-corrected chi connectivity index (χ1v) is 8.19. The first-order chi connectivity index (χ1) is 10.2. The van der Waals surface area contributed by atoms with Gasteiger partial charge in [0.25, 0.3) is 0 Å². The van der Waals surface area contributed by atoms with Crippen molar-refractivity contribution >= 4 is 13.8 Å². The van der Waals surface area contributed by atoms with E-state index in [1.54, 1.807) is 13.8 Å². The molecule has 6 heteroatoms. The molecule has 0 atom stereocenters. The van der Waals surface area contributed by atoms with Gasteiger partial charge in [-0.05, 0) is 48.6 Å². The lowest BCUT2D eigenvalue weighted by Crippen LogP contribution is -2.09. The molecule has 0 unspecified atom stereocenters. The SMILES string of the molecule is Cc1cc(C)c(-c2ccccc2)c(C)c1C(=O)OP(=O)(O)O. The minimum atomic E-state index is -4.88. The van der Waals surface area contributed by atoms with E-state index in [1.165, 1.54) is 0 Å². The summed E-state index contributed by atoms with van der Waals surface area (Å²) in [4.78, 5) is 29.8. The molecule has 0 bridgehead atoms. The molecule has 0 amide bonds. The molecule has 0 aliphatic heterocycles. The standard InChI is InChI=1S/C16H17O5P/c1-10-9-11(2)15(16(17)21-22(18,19)20)12(3)14(10)13-7-5-4-6-8-13/h4-9H,1-3H3,(H2,18,19,20). The van der Waals surface area contributed by atoms with Crippen LogP contribution in [0.1, 0.15) is 27.0 Å². The molecule has 0 fully saturated rings. The molecule has 116 valence electrons. The third kappa shape index (κ3) is 3.45. The van der Waals surface area contributed by atoms with Crippen molar-refractivity contribution in [2.75, 3.05) is 0 Å². The van der Waals surface area contributed by atoms with Gasteiger partial charge in [-0.2, -0.15) is 0 Å². The Balaban J connectivity index is 2.62. The molecule has 0 aliphatic carbocycles. The van der Waals surface area contributed by atoms with E-state index in [1.807, 2.05) is 43.3 Å². The van der Waals surface area contributed by atoms with E-state index < -0.39 is 13.8 Å². The zero-order chi connectivity index (χ0) is 16.5. The van der Waals surface area contributed by atoms with Crippen LogP contribution < -0.4 is 0 Å². The van der Waals surface area contributed by atoms with Crippen LogP contribution >= 0.6 is 7.82 Å². The Bertz CT molecular complexity index is 762. The van der Waals surface area contributed by atoms with E-state index in [4.69, 9.17) is 9.79 Å². The highest BCUT2D eigenvalue weighted by atomic mass is 31.2. The summed E-state index contributed by atoms with van der Waals surface area (Å²) in [6.07, 6.45) is 0. The second kappa shape index (κ2) is 6.05. The average Bonchev–Trinajstić information content (AvgIpc) is 2.36. The molecule has 0 saturated heterocycles. The van der Waals surface area contributed by atoms with Crippen LogP contribution in [0.15, 0.2) is 36.4 Å². The molecule has 2 aromatic carbocycles. The van der Waals surface area contributed by atoms with Crippen LogP contribution in [-0.4, -0.2) is 15.8 Å². The second-order valence-electron chi connectivity index (χ2n) is 5.12. The van der Waals surface area contributed by atoms with Crippen LogP contribution in [0.2, 0.25) is 0 Å². The normalized spacial score (nSPS) is 11.3. The van der Waals surface area contributed by atoms with Gasteiger partial charge in [-0.25, -0.2) is 9.36 Å². The van der Waals surface area contributed by atoms with Crippen molar-refractivity contribution in [2.45, 2.75) is 20.8 Å². The molecule has 2 N–H and O–H groups in total. The van der Waals surface area contributed by atoms with Crippen molar-refractivity contribution < 1.29 is 23.7 Å². The van der Waals surface area contributed by atoms with Gasteiger partial charge < -0.3 is 4.52 Å². The maximum Gasteiger partial charge on any atom is 0.527 e. The lowest BCUT2D eigenvalue weighted by atomic mass is 9.89. The Labute approximate surface area is 128 Å². The summed E-state index contributed by atoms with van der Waals surface area (Å²) in [5.74, 6) is -1.01. The van der Waals surface area contributed by atoms with Gasteiger partial charge in [0, 0.05) is 0 Å². The average molecular weight is 320 g/mol. The first kappa shape index (κ1) is 16.4. The van der Waals surface area contributed by atoms with Crippen LogP contribution in [0, 0.1) is 20.8 Å². The number of carbonyl (C=O) groups is 1. The van der Waals surface area contributed by atoms with Crippen molar-refractivity contribution in [1.29, 1.82) is 0 Å². The zero-order valence-corrected chi connectivity index (χ0v) is 13.4. The largest absolute Gasteiger partial charge is 0.527 e. The lowest BCUT2D eigenvalue weighted by molar-refractivity contribution is 0.0676. The molecule has 2 aromatic rings. The van der Waals surface area contributed by atoms with Gasteiger partial charge in [0.2, 0.25) is 0 Å². The molecule has 0 aliphatic rings. The molecular formula is C16H17O5P. The Morgan fingerprint density at radius 2 is 1.64 bits per heavy atom. The number of carbonyl (C=O) groups excluding carboxylic acids is 1. The van der Waals surface area contributed by atoms with Gasteiger partial charge in [-0.3, -0.25) is 9.79 Å². The lowest BCUT2D eigenvalue weighted by Gasteiger charge is -2.17. The third-order valence-electron chi connectivity index (χ3n) is 3.44. The molecule has 0 aromatic heterocycles. The summed E-state index contributed by atoms with van der Waals surface area (Å²) in [5, 5.41) is 0. The van der Waals surface area contributed by atoms with Crippen LogP contribution in [0.3, 0.4) is 0 Å². The smallest absolute Gasteiger partial charge is 0.367 e.